The van der Waals surface area contributed by atoms with Crippen molar-refractivity contribution in [3.05, 3.63) is 99.0 Å². The van der Waals surface area contributed by atoms with E-state index in [2.05, 4.69) is 56.4 Å². The van der Waals surface area contributed by atoms with Crippen LogP contribution in [0.1, 0.15) is 62.0 Å². The average molecular weight is 467 g/mol. The van der Waals surface area contributed by atoms with E-state index >= 15 is 0 Å². The van der Waals surface area contributed by atoms with E-state index in [-0.39, 0.29) is 17.5 Å². The van der Waals surface area contributed by atoms with Crippen LogP contribution >= 0.6 is 23.2 Å². The number of hydrogen-bond acceptors (Lipinski definition) is 3. The minimum atomic E-state index is -0.101. The molecule has 3 aromatic rings. The van der Waals surface area contributed by atoms with E-state index in [4.69, 9.17) is 32.9 Å². The number of rotatable bonds is 5. The van der Waals surface area contributed by atoms with E-state index in [9.17, 15) is 0 Å². The summed E-state index contributed by atoms with van der Waals surface area (Å²) in [6.45, 7) is 9.23. The van der Waals surface area contributed by atoms with Crippen LogP contribution in [0.5, 0.6) is 5.75 Å². The molecule has 0 amide bonds. The topological polar surface area (TPSA) is 33.6 Å². The Hall–Kier alpha value is -2.49. The molecule has 166 valence electrons. The molecule has 0 fully saturated rings. The molecule has 1 N–H and O–H groups in total. The third-order valence-electron chi connectivity index (χ3n) is 5.72. The third kappa shape index (κ3) is 4.79. The molecule has 0 bridgehead atoms. The van der Waals surface area contributed by atoms with Crippen molar-refractivity contribution in [3.63, 3.8) is 0 Å². The molecule has 4 rings (SSSR count). The maximum Gasteiger partial charge on any atom is 0.133 e. The molecular weight excluding hydrogens is 439 g/mol. The zero-order valence-corrected chi connectivity index (χ0v) is 20.3. The van der Waals surface area contributed by atoms with Crippen LogP contribution in [0.3, 0.4) is 0 Å². The van der Waals surface area contributed by atoms with Crippen LogP contribution in [0.25, 0.3) is 0 Å². The van der Waals surface area contributed by atoms with Crippen molar-refractivity contribution in [3.8, 4) is 5.75 Å². The Balaban J connectivity index is 1.81. The lowest BCUT2D eigenvalue weighted by Gasteiger charge is -2.22. The van der Waals surface area contributed by atoms with Gasteiger partial charge in [-0.15, -0.1) is 0 Å². The number of aliphatic imine (C=N–C) groups is 1. The fourth-order valence-electron chi connectivity index (χ4n) is 3.95. The first kappa shape index (κ1) is 22.7. The molecule has 5 heteroatoms. The summed E-state index contributed by atoms with van der Waals surface area (Å²) in [5, 5.41) is 5.10. The fraction of sp³-hybridized carbons (Fsp3) is 0.296. The zero-order valence-electron chi connectivity index (χ0n) is 18.8. The quantitative estimate of drug-likeness (QED) is 0.421. The molecule has 1 heterocycles. The second kappa shape index (κ2) is 9.17. The minimum absolute atomic E-state index is 0.0177. The van der Waals surface area contributed by atoms with E-state index in [1.165, 1.54) is 5.56 Å². The van der Waals surface area contributed by atoms with Gasteiger partial charge in [0.05, 0.1) is 18.2 Å². The van der Waals surface area contributed by atoms with Gasteiger partial charge in [0.2, 0.25) is 0 Å². The summed E-state index contributed by atoms with van der Waals surface area (Å²) in [4.78, 5) is 5.15. The molecule has 1 aliphatic heterocycles. The molecule has 32 heavy (non-hydrogen) atoms. The highest BCUT2D eigenvalue weighted by Gasteiger charge is 2.33. The van der Waals surface area contributed by atoms with Crippen molar-refractivity contribution in [2.75, 3.05) is 6.61 Å². The van der Waals surface area contributed by atoms with Gasteiger partial charge in [0.25, 0.3) is 0 Å². The van der Waals surface area contributed by atoms with Crippen LogP contribution < -0.4 is 10.1 Å². The van der Waals surface area contributed by atoms with Crippen molar-refractivity contribution in [1.29, 1.82) is 0 Å². The minimum Gasteiger partial charge on any atom is -0.493 e. The maximum atomic E-state index is 6.15. The fourth-order valence-corrected chi connectivity index (χ4v) is 4.20. The van der Waals surface area contributed by atoms with Gasteiger partial charge in [-0.25, -0.2) is 0 Å². The lowest BCUT2D eigenvalue weighted by atomic mass is 9.86. The Kier molecular flexibility index (Phi) is 6.50. The Labute approximate surface area is 200 Å². The van der Waals surface area contributed by atoms with Gasteiger partial charge in [0.15, 0.2) is 0 Å². The summed E-state index contributed by atoms with van der Waals surface area (Å²) >= 11 is 12.3. The number of nitrogens with one attached hydrogen (secondary N) is 1. The SMILES string of the molecule is CCOc1ccc(C(C)(C)C)cc1C1=NC(c2ccc(Cl)cc2)C(c2ccc(Cl)cc2)N1. The van der Waals surface area contributed by atoms with E-state index < -0.39 is 0 Å². The van der Waals surface area contributed by atoms with Crippen LogP contribution in [0, 0.1) is 0 Å². The predicted octanol–water partition coefficient (Wildman–Crippen LogP) is 7.52. The summed E-state index contributed by atoms with van der Waals surface area (Å²) in [5.41, 5.74) is 4.46. The second-order valence-corrected chi connectivity index (χ2v) is 9.91. The third-order valence-corrected chi connectivity index (χ3v) is 6.22. The summed E-state index contributed by atoms with van der Waals surface area (Å²) in [5.74, 6) is 1.66. The molecule has 0 spiro atoms. The standard InChI is InChI=1S/C27H28Cl2N2O/c1-5-32-23-15-10-19(27(2,3)4)16-22(23)26-30-24(17-6-11-20(28)12-7-17)25(31-26)18-8-13-21(29)14-9-18/h6-16,24-25H,5H2,1-4H3,(H,30,31). The molecule has 0 aliphatic carbocycles. The lowest BCUT2D eigenvalue weighted by molar-refractivity contribution is 0.339. The van der Waals surface area contributed by atoms with Crippen molar-refractivity contribution >= 4 is 29.0 Å². The van der Waals surface area contributed by atoms with Gasteiger partial charge in [0.1, 0.15) is 17.6 Å². The molecule has 0 radical (unpaired) electrons. The molecule has 1 aliphatic rings. The van der Waals surface area contributed by atoms with Gasteiger partial charge in [-0.1, -0.05) is 74.3 Å². The van der Waals surface area contributed by atoms with E-state index in [1.54, 1.807) is 0 Å². The first-order valence-corrected chi connectivity index (χ1v) is 11.6. The Morgan fingerprint density at radius 2 is 1.47 bits per heavy atom. The van der Waals surface area contributed by atoms with Crippen molar-refractivity contribution in [1.82, 2.24) is 5.32 Å². The van der Waals surface area contributed by atoms with E-state index in [1.807, 2.05) is 43.3 Å². The van der Waals surface area contributed by atoms with Crippen molar-refractivity contribution in [2.45, 2.75) is 45.2 Å². The predicted molar refractivity (Wildman–Crippen MR) is 134 cm³/mol. The normalized spacial score (nSPS) is 18.2. The van der Waals surface area contributed by atoms with Gasteiger partial charge in [-0.2, -0.15) is 0 Å². The van der Waals surface area contributed by atoms with Crippen molar-refractivity contribution in [2.24, 2.45) is 4.99 Å². The molecular formula is C27H28Cl2N2O. The van der Waals surface area contributed by atoms with Crippen LogP contribution in [0.15, 0.2) is 71.7 Å². The van der Waals surface area contributed by atoms with Crippen LogP contribution in [0.4, 0.5) is 0 Å². The largest absolute Gasteiger partial charge is 0.493 e. The number of amidine groups is 1. The molecule has 0 aromatic heterocycles. The highest BCUT2D eigenvalue weighted by molar-refractivity contribution is 6.30. The maximum absolute atomic E-state index is 6.15. The highest BCUT2D eigenvalue weighted by Crippen LogP contribution is 2.39. The number of halogens is 2. The first-order valence-electron chi connectivity index (χ1n) is 10.9. The molecule has 2 atom stereocenters. The first-order chi connectivity index (χ1) is 15.3. The number of benzene rings is 3. The van der Waals surface area contributed by atoms with Gasteiger partial charge in [-0.3, -0.25) is 4.99 Å². The molecule has 0 saturated heterocycles. The number of nitrogens with zero attached hydrogens (tertiary/aromatic N) is 1. The summed E-state index contributed by atoms with van der Waals surface area (Å²) in [6, 6.07) is 22.1. The van der Waals surface area contributed by atoms with E-state index in [0.717, 1.165) is 28.3 Å². The number of ether oxygens (including phenoxy) is 1. The molecule has 0 saturated carbocycles. The lowest BCUT2D eigenvalue weighted by Crippen LogP contribution is -2.26. The zero-order chi connectivity index (χ0) is 22.9. The average Bonchev–Trinajstić information content (AvgIpc) is 3.20. The molecule has 3 aromatic carbocycles. The molecule has 3 nitrogen and oxygen atoms in total. The van der Waals surface area contributed by atoms with Crippen LogP contribution in [-0.4, -0.2) is 12.4 Å². The second-order valence-electron chi connectivity index (χ2n) is 9.04. The summed E-state index contributed by atoms with van der Waals surface area (Å²) in [6.07, 6.45) is 0. The smallest absolute Gasteiger partial charge is 0.133 e. The highest BCUT2D eigenvalue weighted by atomic mass is 35.5. The Morgan fingerprint density at radius 3 is 2.03 bits per heavy atom. The number of hydrogen-bond donors (Lipinski definition) is 1. The molecule has 2 unspecified atom stereocenters. The monoisotopic (exact) mass is 466 g/mol. The van der Waals surface area contributed by atoms with Gasteiger partial charge < -0.3 is 10.1 Å². The van der Waals surface area contributed by atoms with E-state index in [0.29, 0.717) is 16.7 Å². The van der Waals surface area contributed by atoms with Crippen LogP contribution in [-0.2, 0) is 5.41 Å². The van der Waals surface area contributed by atoms with Crippen LogP contribution in [0.2, 0.25) is 10.0 Å². The summed E-state index contributed by atoms with van der Waals surface area (Å²) < 4.78 is 5.97. The Morgan fingerprint density at radius 1 is 0.875 bits per heavy atom. The summed E-state index contributed by atoms with van der Waals surface area (Å²) in [7, 11) is 0. The van der Waals surface area contributed by atoms with Gasteiger partial charge in [0, 0.05) is 10.0 Å². The van der Waals surface area contributed by atoms with Gasteiger partial charge >= 0.3 is 0 Å². The Bertz CT molecular complexity index is 1120. The van der Waals surface area contributed by atoms with Gasteiger partial charge in [-0.05, 0) is 65.4 Å². The van der Waals surface area contributed by atoms with Crippen molar-refractivity contribution < 1.29 is 4.74 Å².